The van der Waals surface area contributed by atoms with Crippen LogP contribution in [0.5, 0.6) is 5.75 Å². The first-order chi connectivity index (χ1) is 10.2. The molecule has 108 valence electrons. The molecule has 0 spiro atoms. The van der Waals surface area contributed by atoms with Crippen LogP contribution in [0, 0.1) is 0 Å². The molecule has 0 bridgehead atoms. The number of ether oxygens (including phenoxy) is 1. The molecule has 2 aromatic heterocycles. The van der Waals surface area contributed by atoms with Gasteiger partial charge in [0.05, 0.1) is 11.1 Å². The van der Waals surface area contributed by atoms with Crippen LogP contribution in [0.15, 0.2) is 36.4 Å². The molecule has 0 aliphatic rings. The van der Waals surface area contributed by atoms with Crippen molar-refractivity contribution in [3.05, 3.63) is 36.4 Å². The van der Waals surface area contributed by atoms with Crippen molar-refractivity contribution in [3.8, 4) is 17.1 Å². The summed E-state index contributed by atoms with van der Waals surface area (Å²) >= 11 is 0. The summed E-state index contributed by atoms with van der Waals surface area (Å²) in [7, 11) is 1.76. The van der Waals surface area contributed by atoms with Crippen LogP contribution in [0.4, 0.5) is 14.6 Å². The van der Waals surface area contributed by atoms with Gasteiger partial charge in [0.1, 0.15) is 17.4 Å². The Hall–Kier alpha value is -2.70. The van der Waals surface area contributed by atoms with Gasteiger partial charge in [0, 0.05) is 7.05 Å². The maximum absolute atomic E-state index is 12.4. The number of pyridine rings is 1. The van der Waals surface area contributed by atoms with Crippen LogP contribution in [0.2, 0.25) is 0 Å². The zero-order chi connectivity index (χ0) is 14.8. The Bertz CT molecular complexity index is 773. The molecule has 7 heteroatoms. The van der Waals surface area contributed by atoms with Crippen molar-refractivity contribution in [2.75, 3.05) is 12.4 Å². The van der Waals surface area contributed by atoms with E-state index < -0.39 is 6.61 Å². The van der Waals surface area contributed by atoms with Crippen molar-refractivity contribution in [2.24, 2.45) is 0 Å². The molecule has 1 aromatic carbocycles. The van der Waals surface area contributed by atoms with E-state index in [2.05, 4.69) is 25.0 Å². The predicted molar refractivity (Wildman–Crippen MR) is 75.5 cm³/mol. The lowest BCUT2D eigenvalue weighted by Gasteiger charge is -2.08. The van der Waals surface area contributed by atoms with Gasteiger partial charge in [-0.1, -0.05) is 12.1 Å². The van der Waals surface area contributed by atoms with E-state index >= 15 is 0 Å². The van der Waals surface area contributed by atoms with E-state index in [9.17, 15) is 8.78 Å². The monoisotopic (exact) mass is 290 g/mol. The van der Waals surface area contributed by atoms with Crippen LogP contribution in [-0.4, -0.2) is 28.6 Å². The molecule has 0 fully saturated rings. The lowest BCUT2D eigenvalue weighted by Crippen LogP contribution is -2.03. The van der Waals surface area contributed by atoms with Crippen molar-refractivity contribution in [2.45, 2.75) is 6.61 Å². The molecule has 0 atom stereocenters. The Labute approximate surface area is 119 Å². The van der Waals surface area contributed by atoms with Gasteiger partial charge in [-0.25, -0.2) is 9.97 Å². The van der Waals surface area contributed by atoms with E-state index in [1.807, 2.05) is 6.07 Å². The van der Waals surface area contributed by atoms with Gasteiger partial charge in [0.15, 0.2) is 5.65 Å². The molecule has 3 aromatic rings. The first kappa shape index (κ1) is 13.3. The van der Waals surface area contributed by atoms with Crippen LogP contribution in [-0.2, 0) is 0 Å². The number of hydrogen-bond acceptors (Lipinski definition) is 4. The number of hydrogen-bond donors (Lipinski definition) is 2. The summed E-state index contributed by atoms with van der Waals surface area (Å²) in [5, 5.41) is 2.92. The predicted octanol–water partition coefficient (Wildman–Crippen LogP) is 3.27. The van der Waals surface area contributed by atoms with E-state index in [1.54, 1.807) is 31.3 Å². The number of aromatic amines is 1. The Kier molecular flexibility index (Phi) is 3.39. The zero-order valence-electron chi connectivity index (χ0n) is 11.1. The number of nitrogens with one attached hydrogen (secondary N) is 2. The van der Waals surface area contributed by atoms with E-state index in [4.69, 9.17) is 0 Å². The van der Waals surface area contributed by atoms with Crippen molar-refractivity contribution >= 4 is 17.0 Å². The summed E-state index contributed by atoms with van der Waals surface area (Å²) in [4.78, 5) is 11.7. The number of H-pyrrole nitrogens is 1. The normalized spacial score (nSPS) is 11.0. The first-order valence-electron chi connectivity index (χ1n) is 6.26. The Morgan fingerprint density at radius 1 is 1.14 bits per heavy atom. The van der Waals surface area contributed by atoms with Gasteiger partial charge in [-0.2, -0.15) is 8.78 Å². The molecular formula is C14H12F2N4O. The summed E-state index contributed by atoms with van der Waals surface area (Å²) in [6, 6.07) is 10.1. The van der Waals surface area contributed by atoms with E-state index in [0.717, 1.165) is 5.52 Å². The number of fused-ring (bicyclic) bond motifs is 1. The van der Waals surface area contributed by atoms with E-state index in [1.165, 1.54) is 6.07 Å². The number of benzene rings is 1. The number of alkyl halides is 2. The van der Waals surface area contributed by atoms with Crippen LogP contribution >= 0.6 is 0 Å². The molecule has 2 heterocycles. The molecule has 21 heavy (non-hydrogen) atoms. The molecule has 0 radical (unpaired) electrons. The van der Waals surface area contributed by atoms with Gasteiger partial charge in [-0.05, 0) is 24.3 Å². The molecule has 2 N–H and O–H groups in total. The topological polar surface area (TPSA) is 62.8 Å². The number of para-hydroxylation sites is 1. The Balaban J connectivity index is 2.08. The molecule has 0 saturated carbocycles. The zero-order valence-corrected chi connectivity index (χ0v) is 11.1. The molecular weight excluding hydrogens is 278 g/mol. The molecule has 0 aliphatic carbocycles. The summed E-state index contributed by atoms with van der Waals surface area (Å²) in [5.41, 5.74) is 1.68. The molecule has 0 saturated heterocycles. The summed E-state index contributed by atoms with van der Waals surface area (Å²) in [5.74, 6) is 1.18. The van der Waals surface area contributed by atoms with Crippen molar-refractivity contribution in [1.82, 2.24) is 15.0 Å². The van der Waals surface area contributed by atoms with E-state index in [0.29, 0.717) is 22.9 Å². The minimum Gasteiger partial charge on any atom is -0.434 e. The second-order valence-electron chi connectivity index (χ2n) is 4.28. The quantitative estimate of drug-likeness (QED) is 0.774. The summed E-state index contributed by atoms with van der Waals surface area (Å²) in [6.07, 6.45) is 0. The summed E-state index contributed by atoms with van der Waals surface area (Å²) in [6.45, 7) is -2.88. The minimum atomic E-state index is -2.88. The number of halogens is 2. The second-order valence-corrected chi connectivity index (χ2v) is 4.28. The Morgan fingerprint density at radius 3 is 2.71 bits per heavy atom. The third kappa shape index (κ3) is 2.62. The highest BCUT2D eigenvalue weighted by Gasteiger charge is 2.14. The average Bonchev–Trinajstić information content (AvgIpc) is 2.89. The van der Waals surface area contributed by atoms with Crippen LogP contribution in [0.3, 0.4) is 0 Å². The van der Waals surface area contributed by atoms with Gasteiger partial charge < -0.3 is 15.0 Å². The van der Waals surface area contributed by atoms with Crippen LogP contribution < -0.4 is 10.1 Å². The average molecular weight is 290 g/mol. The largest absolute Gasteiger partial charge is 0.434 e. The molecule has 0 unspecified atom stereocenters. The fourth-order valence-electron chi connectivity index (χ4n) is 2.02. The van der Waals surface area contributed by atoms with Gasteiger partial charge in [-0.3, -0.25) is 0 Å². The highest BCUT2D eigenvalue weighted by atomic mass is 19.3. The van der Waals surface area contributed by atoms with Gasteiger partial charge in [-0.15, -0.1) is 0 Å². The lowest BCUT2D eigenvalue weighted by molar-refractivity contribution is -0.0494. The second kappa shape index (κ2) is 5.35. The summed E-state index contributed by atoms with van der Waals surface area (Å²) < 4.78 is 29.4. The highest BCUT2D eigenvalue weighted by molar-refractivity contribution is 5.79. The van der Waals surface area contributed by atoms with Gasteiger partial charge in [0.25, 0.3) is 0 Å². The minimum absolute atomic E-state index is 0.0698. The maximum atomic E-state index is 12.4. The maximum Gasteiger partial charge on any atom is 0.387 e. The lowest BCUT2D eigenvalue weighted by atomic mass is 10.2. The van der Waals surface area contributed by atoms with Crippen LogP contribution in [0.25, 0.3) is 22.6 Å². The van der Waals surface area contributed by atoms with E-state index in [-0.39, 0.29) is 5.75 Å². The number of nitrogens with zero attached hydrogens (tertiary/aromatic N) is 2. The molecule has 5 nitrogen and oxygen atoms in total. The Morgan fingerprint density at radius 2 is 1.95 bits per heavy atom. The molecule has 3 rings (SSSR count). The number of rotatable bonds is 4. The first-order valence-corrected chi connectivity index (χ1v) is 6.26. The van der Waals surface area contributed by atoms with Gasteiger partial charge in [0.2, 0.25) is 0 Å². The molecule has 0 aliphatic heterocycles. The van der Waals surface area contributed by atoms with Gasteiger partial charge >= 0.3 is 6.61 Å². The fourth-order valence-corrected chi connectivity index (χ4v) is 2.02. The number of aromatic nitrogens is 3. The van der Waals surface area contributed by atoms with Crippen molar-refractivity contribution in [3.63, 3.8) is 0 Å². The standard InChI is InChI=1S/C14H12F2N4O/c1-17-11-7-6-9-13(19-11)20-12(18-9)8-4-2-3-5-10(8)21-14(15)16/h2-7,14H,1H3,(H2,17,18,19,20). The SMILES string of the molecule is CNc1ccc2[nH]c(-c3ccccc3OC(F)F)nc2n1. The highest BCUT2D eigenvalue weighted by Crippen LogP contribution is 2.30. The molecule has 0 amide bonds. The fraction of sp³-hybridized carbons (Fsp3) is 0.143. The van der Waals surface area contributed by atoms with Crippen LogP contribution in [0.1, 0.15) is 0 Å². The van der Waals surface area contributed by atoms with Crippen molar-refractivity contribution < 1.29 is 13.5 Å². The van der Waals surface area contributed by atoms with Crippen molar-refractivity contribution in [1.29, 1.82) is 0 Å². The number of imidazole rings is 1. The smallest absolute Gasteiger partial charge is 0.387 e. The number of anilines is 1. The third-order valence-electron chi connectivity index (χ3n) is 2.96. The third-order valence-corrected chi connectivity index (χ3v) is 2.96.